The molecule has 2 aromatic carbocycles. The van der Waals surface area contributed by atoms with Crippen LogP contribution in [-0.4, -0.2) is 28.9 Å². The van der Waals surface area contributed by atoms with Crippen molar-refractivity contribution >= 4 is 18.1 Å². The molecule has 1 atom stereocenters. The topological polar surface area (TPSA) is 110 Å². The highest BCUT2D eigenvalue weighted by Gasteiger charge is 2.04. The van der Waals surface area contributed by atoms with Crippen LogP contribution in [0.5, 0.6) is 0 Å². The minimum Gasteiger partial charge on any atom is -0.510 e. The van der Waals surface area contributed by atoms with Gasteiger partial charge in [0.1, 0.15) is 5.76 Å². The van der Waals surface area contributed by atoms with Gasteiger partial charge < -0.3 is 21.7 Å². The lowest BCUT2D eigenvalue weighted by Gasteiger charge is -1.99. The molecule has 28 heavy (non-hydrogen) atoms. The third kappa shape index (κ3) is 9.66. The van der Waals surface area contributed by atoms with Crippen molar-refractivity contribution in [1.29, 1.82) is 0 Å². The van der Waals surface area contributed by atoms with Crippen molar-refractivity contribution < 1.29 is 19.4 Å². The highest BCUT2D eigenvalue weighted by molar-refractivity contribution is 5.93. The molecule has 0 radical (unpaired) electrons. The highest BCUT2D eigenvalue weighted by atomic mass is 19.1. The lowest BCUT2D eigenvalue weighted by atomic mass is 10.1. The van der Waals surface area contributed by atoms with Crippen LogP contribution in [0.3, 0.4) is 0 Å². The van der Waals surface area contributed by atoms with Crippen molar-refractivity contribution in [3.63, 3.8) is 0 Å². The van der Waals surface area contributed by atoms with Crippen LogP contribution in [0.25, 0.3) is 12.2 Å². The number of benzene rings is 2. The molecule has 2 aromatic rings. The number of halogens is 1. The summed E-state index contributed by atoms with van der Waals surface area (Å²) < 4.78 is 11.7. The lowest BCUT2D eigenvalue weighted by Crippen LogP contribution is -2.10. The minimum absolute atomic E-state index is 0.414. The van der Waals surface area contributed by atoms with Gasteiger partial charge in [0.25, 0.3) is 0 Å². The Hall–Kier alpha value is -2.96. The first-order chi connectivity index (χ1) is 13.4. The third-order valence-electron chi connectivity index (χ3n) is 3.38. The van der Waals surface area contributed by atoms with E-state index in [-0.39, 0.29) is 0 Å². The van der Waals surface area contributed by atoms with Gasteiger partial charge in [-0.3, -0.25) is 4.79 Å². The Balaban J connectivity index is 0.000000688. The molecule has 0 aliphatic rings. The molecule has 0 aromatic heterocycles. The van der Waals surface area contributed by atoms with E-state index >= 15 is 0 Å². The summed E-state index contributed by atoms with van der Waals surface area (Å²) >= 11 is 0. The number of aliphatic hydroxyl groups is 2. The number of amides is 1. The Kier molecular flexibility index (Phi) is 12.6. The van der Waals surface area contributed by atoms with Crippen LogP contribution in [0.4, 0.5) is 4.39 Å². The van der Waals surface area contributed by atoms with Gasteiger partial charge in [-0.05, 0) is 28.8 Å². The molecule has 5 nitrogen and oxygen atoms in total. The number of hydrogen-bond acceptors (Lipinski definition) is 4. The van der Waals surface area contributed by atoms with Gasteiger partial charge in [0, 0.05) is 12.1 Å². The predicted octanol–water partition coefficient (Wildman–Crippen LogP) is 3.83. The summed E-state index contributed by atoms with van der Waals surface area (Å²) in [4.78, 5) is 11.1. The quantitative estimate of drug-likeness (QED) is 0.445. The van der Waals surface area contributed by atoms with Gasteiger partial charge in [-0.15, -0.1) is 0 Å². The largest absolute Gasteiger partial charge is 0.510 e. The second-order valence-corrected chi connectivity index (χ2v) is 5.41. The van der Waals surface area contributed by atoms with Crippen LogP contribution in [0.15, 0.2) is 60.9 Å². The van der Waals surface area contributed by atoms with E-state index in [0.29, 0.717) is 12.1 Å². The maximum atomic E-state index is 11.7. The SMILES string of the molecule is C=C(O)C(F)CO.CC.NCc1ccc(/C=C/c2cccc(C(N)=O)c2)cc1. The molecular weight excluding hydrogens is 359 g/mol. The Labute approximate surface area is 165 Å². The summed E-state index contributed by atoms with van der Waals surface area (Å²) in [6.07, 6.45) is 2.25. The summed E-state index contributed by atoms with van der Waals surface area (Å²) in [7, 11) is 0. The first-order valence-corrected chi connectivity index (χ1v) is 8.87. The molecule has 0 spiro atoms. The second kappa shape index (κ2) is 14.1. The van der Waals surface area contributed by atoms with Gasteiger partial charge in [-0.1, -0.05) is 69.0 Å². The van der Waals surface area contributed by atoms with Crippen molar-refractivity contribution in [3.8, 4) is 0 Å². The number of hydrogen-bond donors (Lipinski definition) is 4. The monoisotopic (exact) mass is 388 g/mol. The number of aliphatic hydroxyl groups excluding tert-OH is 2. The van der Waals surface area contributed by atoms with E-state index in [0.717, 1.165) is 16.7 Å². The average molecular weight is 388 g/mol. The van der Waals surface area contributed by atoms with Crippen molar-refractivity contribution in [2.45, 2.75) is 26.6 Å². The van der Waals surface area contributed by atoms with Crippen molar-refractivity contribution in [2.24, 2.45) is 11.5 Å². The Bertz CT molecular complexity index is 759. The maximum Gasteiger partial charge on any atom is 0.248 e. The zero-order valence-corrected chi connectivity index (χ0v) is 16.3. The van der Waals surface area contributed by atoms with Crippen molar-refractivity contribution in [1.82, 2.24) is 0 Å². The summed E-state index contributed by atoms with van der Waals surface area (Å²) in [6.45, 7) is 6.69. The van der Waals surface area contributed by atoms with E-state index < -0.39 is 24.4 Å². The molecule has 0 fully saturated rings. The molecule has 0 aliphatic carbocycles. The van der Waals surface area contributed by atoms with Crippen LogP contribution in [-0.2, 0) is 6.54 Å². The molecule has 6 N–H and O–H groups in total. The van der Waals surface area contributed by atoms with Gasteiger partial charge in [-0.25, -0.2) is 4.39 Å². The van der Waals surface area contributed by atoms with E-state index in [2.05, 4.69) is 6.58 Å². The molecule has 152 valence electrons. The fourth-order valence-corrected chi connectivity index (χ4v) is 1.86. The van der Waals surface area contributed by atoms with E-state index in [1.165, 1.54) is 0 Å². The predicted molar refractivity (Wildman–Crippen MR) is 113 cm³/mol. The Morgan fingerprint density at radius 1 is 1.14 bits per heavy atom. The van der Waals surface area contributed by atoms with Crippen LogP contribution >= 0.6 is 0 Å². The minimum atomic E-state index is -1.68. The van der Waals surface area contributed by atoms with E-state index in [4.69, 9.17) is 21.7 Å². The molecule has 6 heteroatoms. The molecule has 1 amide bonds. The van der Waals surface area contributed by atoms with E-state index in [1.807, 2.05) is 62.4 Å². The van der Waals surface area contributed by atoms with Gasteiger partial charge in [0.2, 0.25) is 5.91 Å². The summed E-state index contributed by atoms with van der Waals surface area (Å²) in [5, 5.41) is 16.0. The van der Waals surface area contributed by atoms with Gasteiger partial charge in [0.15, 0.2) is 6.17 Å². The van der Waals surface area contributed by atoms with Crippen LogP contribution in [0.1, 0.15) is 40.9 Å². The number of carbonyl (C=O) groups is 1. The van der Waals surface area contributed by atoms with E-state index in [1.54, 1.807) is 12.1 Å². The Morgan fingerprint density at radius 2 is 1.71 bits per heavy atom. The molecular formula is C22H29FN2O3. The summed E-state index contributed by atoms with van der Waals surface area (Å²) in [5.41, 5.74) is 14.4. The zero-order valence-electron chi connectivity index (χ0n) is 16.3. The smallest absolute Gasteiger partial charge is 0.248 e. The maximum absolute atomic E-state index is 11.7. The zero-order chi connectivity index (χ0) is 21.5. The number of nitrogens with two attached hydrogens (primary N) is 2. The molecule has 0 aliphatic heterocycles. The van der Waals surface area contributed by atoms with E-state index in [9.17, 15) is 9.18 Å². The molecule has 1 unspecified atom stereocenters. The van der Waals surface area contributed by atoms with Gasteiger partial charge >= 0.3 is 0 Å². The van der Waals surface area contributed by atoms with Crippen molar-refractivity contribution in [3.05, 3.63) is 83.1 Å². The molecule has 0 saturated carbocycles. The summed E-state index contributed by atoms with van der Waals surface area (Å²) in [6, 6.07) is 15.2. The summed E-state index contributed by atoms with van der Waals surface area (Å²) in [5.74, 6) is -1.04. The standard InChI is InChI=1S/C16H16N2O.C4H7FO2.C2H6/c17-11-14-8-5-12(6-9-14)4-7-13-2-1-3-15(10-13)16(18)19;1-3(7)4(5)2-6;1-2/h1-10H,11,17H2,(H2,18,19);4,6-7H,1-2H2;1-2H3/b7-4+;;. The first-order valence-electron chi connectivity index (χ1n) is 8.87. The first kappa shape index (κ1) is 25.0. The molecule has 2 rings (SSSR count). The number of carbonyl (C=O) groups excluding carboxylic acids is 1. The second-order valence-electron chi connectivity index (χ2n) is 5.41. The van der Waals surface area contributed by atoms with Gasteiger partial charge in [0.05, 0.1) is 6.61 Å². The normalized spacial score (nSPS) is 10.9. The Morgan fingerprint density at radius 3 is 2.14 bits per heavy atom. The molecule has 0 bridgehead atoms. The van der Waals surface area contributed by atoms with Crippen molar-refractivity contribution in [2.75, 3.05) is 6.61 Å². The van der Waals surface area contributed by atoms with Gasteiger partial charge in [-0.2, -0.15) is 0 Å². The average Bonchev–Trinajstić information content (AvgIpc) is 2.74. The highest BCUT2D eigenvalue weighted by Crippen LogP contribution is 2.11. The number of primary amides is 1. The lowest BCUT2D eigenvalue weighted by molar-refractivity contribution is 0.1000. The third-order valence-corrected chi connectivity index (χ3v) is 3.38. The molecule has 0 heterocycles. The number of alkyl halides is 1. The fourth-order valence-electron chi connectivity index (χ4n) is 1.86. The van der Waals surface area contributed by atoms with Crippen LogP contribution in [0.2, 0.25) is 0 Å². The number of rotatable bonds is 6. The fraction of sp³-hybridized carbons (Fsp3) is 0.227. The molecule has 0 saturated heterocycles. The van der Waals surface area contributed by atoms with Crippen LogP contribution < -0.4 is 11.5 Å². The van der Waals surface area contributed by atoms with Crippen LogP contribution in [0, 0.1) is 0 Å².